The molecule has 0 spiro atoms. The van der Waals surface area contributed by atoms with E-state index in [1.807, 2.05) is 0 Å². The second-order valence-corrected chi connectivity index (χ2v) is 6.31. The van der Waals surface area contributed by atoms with E-state index in [4.69, 9.17) is 4.98 Å². The number of para-hydroxylation sites is 3. The molecule has 22 heavy (non-hydrogen) atoms. The van der Waals surface area contributed by atoms with E-state index >= 15 is 0 Å². The standard InChI is InChI=1S/C19H21N3/c1-3-4-13-19(2)21-15-10-6-5-9-14(15)18-20-16-11-7-8-12-17(16)22(18)19/h5-12,21H,3-4,13H2,1-2H3/t19-/m1/s1. The molecule has 2 aromatic carbocycles. The van der Waals surface area contributed by atoms with Gasteiger partial charge in [0.1, 0.15) is 11.5 Å². The van der Waals surface area contributed by atoms with Crippen LogP contribution in [0.25, 0.3) is 22.4 Å². The number of unbranched alkanes of at least 4 members (excludes halogenated alkanes) is 1. The first-order valence-electron chi connectivity index (χ1n) is 8.08. The van der Waals surface area contributed by atoms with Crippen molar-refractivity contribution >= 4 is 16.7 Å². The minimum atomic E-state index is -0.129. The third-order valence-electron chi connectivity index (χ3n) is 4.64. The fourth-order valence-electron chi connectivity index (χ4n) is 3.53. The number of aromatic nitrogens is 2. The Labute approximate surface area is 131 Å². The van der Waals surface area contributed by atoms with E-state index in [0.29, 0.717) is 0 Å². The van der Waals surface area contributed by atoms with Crippen LogP contribution in [0.3, 0.4) is 0 Å². The maximum absolute atomic E-state index is 4.92. The summed E-state index contributed by atoms with van der Waals surface area (Å²) >= 11 is 0. The van der Waals surface area contributed by atoms with Gasteiger partial charge in [0.15, 0.2) is 0 Å². The number of hydrogen-bond acceptors (Lipinski definition) is 2. The molecule has 0 unspecified atom stereocenters. The van der Waals surface area contributed by atoms with E-state index in [1.54, 1.807) is 0 Å². The number of nitrogens with zero attached hydrogens (tertiary/aromatic N) is 2. The molecule has 1 N–H and O–H groups in total. The van der Waals surface area contributed by atoms with Crippen molar-refractivity contribution in [2.45, 2.75) is 38.8 Å². The Balaban J connectivity index is 2.01. The Morgan fingerprint density at radius 2 is 1.86 bits per heavy atom. The lowest BCUT2D eigenvalue weighted by Gasteiger charge is -2.39. The average molecular weight is 291 g/mol. The van der Waals surface area contributed by atoms with Crippen LogP contribution in [-0.4, -0.2) is 9.55 Å². The van der Waals surface area contributed by atoms with Crippen LogP contribution in [0.5, 0.6) is 0 Å². The molecule has 1 atom stereocenters. The SMILES string of the molecule is CCCC[C@]1(C)Nc2ccccc2-c2nc3ccccc3n21. The van der Waals surface area contributed by atoms with E-state index < -0.39 is 0 Å². The van der Waals surface area contributed by atoms with E-state index in [1.165, 1.54) is 29.6 Å². The van der Waals surface area contributed by atoms with Gasteiger partial charge in [-0.2, -0.15) is 0 Å². The lowest BCUT2D eigenvalue weighted by Crippen LogP contribution is -2.41. The fourth-order valence-corrected chi connectivity index (χ4v) is 3.53. The zero-order valence-electron chi connectivity index (χ0n) is 13.1. The zero-order chi connectivity index (χ0) is 15.2. The molecular weight excluding hydrogens is 270 g/mol. The molecule has 4 rings (SSSR count). The summed E-state index contributed by atoms with van der Waals surface area (Å²) in [5.74, 6) is 1.08. The number of benzene rings is 2. The zero-order valence-corrected chi connectivity index (χ0v) is 13.1. The van der Waals surface area contributed by atoms with Gasteiger partial charge >= 0.3 is 0 Å². The van der Waals surface area contributed by atoms with Crippen molar-refractivity contribution in [2.75, 3.05) is 5.32 Å². The largest absolute Gasteiger partial charge is 0.362 e. The molecule has 2 heterocycles. The van der Waals surface area contributed by atoms with Gasteiger partial charge in [-0.25, -0.2) is 4.98 Å². The summed E-state index contributed by atoms with van der Waals surface area (Å²) in [5, 5.41) is 3.77. The predicted molar refractivity (Wildman–Crippen MR) is 92.0 cm³/mol. The number of imidazole rings is 1. The van der Waals surface area contributed by atoms with Gasteiger partial charge in [-0.05, 0) is 44.0 Å². The molecule has 3 heteroatoms. The van der Waals surface area contributed by atoms with Crippen molar-refractivity contribution in [1.82, 2.24) is 9.55 Å². The first kappa shape index (κ1) is 13.4. The number of nitrogens with one attached hydrogen (secondary N) is 1. The van der Waals surface area contributed by atoms with Crippen molar-refractivity contribution in [2.24, 2.45) is 0 Å². The first-order valence-corrected chi connectivity index (χ1v) is 8.08. The Hall–Kier alpha value is -2.29. The summed E-state index contributed by atoms with van der Waals surface area (Å²) in [4.78, 5) is 4.92. The van der Waals surface area contributed by atoms with Gasteiger partial charge in [-0.1, -0.05) is 37.6 Å². The monoisotopic (exact) mass is 291 g/mol. The summed E-state index contributed by atoms with van der Waals surface area (Å²) in [7, 11) is 0. The van der Waals surface area contributed by atoms with Crippen molar-refractivity contribution in [1.29, 1.82) is 0 Å². The highest BCUT2D eigenvalue weighted by atomic mass is 15.3. The molecule has 112 valence electrons. The van der Waals surface area contributed by atoms with Crippen molar-refractivity contribution in [3.8, 4) is 11.4 Å². The molecule has 0 bridgehead atoms. The van der Waals surface area contributed by atoms with Crippen molar-refractivity contribution in [3.05, 3.63) is 48.5 Å². The Morgan fingerprint density at radius 3 is 2.73 bits per heavy atom. The lowest BCUT2D eigenvalue weighted by atomic mass is 9.98. The maximum atomic E-state index is 4.92. The van der Waals surface area contributed by atoms with Crippen LogP contribution in [0.2, 0.25) is 0 Å². The van der Waals surface area contributed by atoms with E-state index in [9.17, 15) is 0 Å². The van der Waals surface area contributed by atoms with Crippen molar-refractivity contribution < 1.29 is 0 Å². The lowest BCUT2D eigenvalue weighted by molar-refractivity contribution is 0.339. The van der Waals surface area contributed by atoms with Crippen LogP contribution in [0.15, 0.2) is 48.5 Å². The molecule has 0 saturated heterocycles. The minimum absolute atomic E-state index is 0.129. The van der Waals surface area contributed by atoms with Gasteiger partial charge in [-0.15, -0.1) is 0 Å². The molecule has 3 nitrogen and oxygen atoms in total. The first-order chi connectivity index (χ1) is 10.7. The Kier molecular flexibility index (Phi) is 2.96. The van der Waals surface area contributed by atoms with Crippen LogP contribution >= 0.6 is 0 Å². The van der Waals surface area contributed by atoms with Gasteiger partial charge in [0, 0.05) is 11.3 Å². The Morgan fingerprint density at radius 1 is 1.09 bits per heavy atom. The molecular formula is C19H21N3. The third-order valence-corrected chi connectivity index (χ3v) is 4.64. The summed E-state index contributed by atoms with van der Waals surface area (Å²) in [6, 6.07) is 16.9. The third kappa shape index (κ3) is 1.85. The molecule has 3 aromatic rings. The summed E-state index contributed by atoms with van der Waals surface area (Å²) in [6.07, 6.45) is 3.48. The minimum Gasteiger partial charge on any atom is -0.362 e. The molecule has 0 aliphatic carbocycles. The van der Waals surface area contributed by atoms with Crippen LogP contribution < -0.4 is 5.32 Å². The number of fused-ring (bicyclic) bond motifs is 5. The van der Waals surface area contributed by atoms with Crippen molar-refractivity contribution in [3.63, 3.8) is 0 Å². The van der Waals surface area contributed by atoms with Crippen LogP contribution in [0.1, 0.15) is 33.1 Å². The summed E-state index contributed by atoms with van der Waals surface area (Å²) < 4.78 is 2.39. The molecule has 0 saturated carbocycles. The number of anilines is 1. The Bertz CT molecular complexity index is 834. The summed E-state index contributed by atoms with van der Waals surface area (Å²) in [5.41, 5.74) is 4.52. The normalized spacial score (nSPS) is 19.5. The predicted octanol–water partition coefficient (Wildman–Crippen LogP) is 4.99. The van der Waals surface area contributed by atoms with Gasteiger partial charge in [0.05, 0.1) is 11.0 Å². The molecule has 1 aromatic heterocycles. The van der Waals surface area contributed by atoms with Crippen LogP contribution in [0, 0.1) is 0 Å². The molecule has 0 radical (unpaired) electrons. The smallest absolute Gasteiger partial charge is 0.145 e. The molecule has 1 aliphatic heterocycles. The number of rotatable bonds is 3. The average Bonchev–Trinajstić information content (AvgIpc) is 2.94. The second-order valence-electron chi connectivity index (χ2n) is 6.31. The van der Waals surface area contributed by atoms with Gasteiger partial charge in [0.2, 0.25) is 0 Å². The second kappa shape index (κ2) is 4.87. The van der Waals surface area contributed by atoms with Gasteiger partial charge in [-0.3, -0.25) is 0 Å². The highest BCUT2D eigenvalue weighted by Gasteiger charge is 2.35. The number of hydrogen-bond donors (Lipinski definition) is 1. The molecule has 0 fully saturated rings. The molecule has 0 amide bonds. The van der Waals surface area contributed by atoms with E-state index in [0.717, 1.165) is 17.8 Å². The van der Waals surface area contributed by atoms with E-state index in [-0.39, 0.29) is 5.66 Å². The van der Waals surface area contributed by atoms with Gasteiger partial charge in [0.25, 0.3) is 0 Å². The highest BCUT2D eigenvalue weighted by Crippen LogP contribution is 2.42. The quantitative estimate of drug-likeness (QED) is 0.736. The highest BCUT2D eigenvalue weighted by molar-refractivity contribution is 5.86. The van der Waals surface area contributed by atoms with Crippen LogP contribution in [0.4, 0.5) is 5.69 Å². The fraction of sp³-hybridized carbons (Fsp3) is 0.316. The van der Waals surface area contributed by atoms with E-state index in [2.05, 4.69) is 72.3 Å². The topological polar surface area (TPSA) is 29.9 Å². The molecule has 1 aliphatic rings. The van der Waals surface area contributed by atoms with Crippen LogP contribution in [-0.2, 0) is 5.66 Å². The van der Waals surface area contributed by atoms with Gasteiger partial charge < -0.3 is 9.88 Å². The maximum Gasteiger partial charge on any atom is 0.145 e. The summed E-state index contributed by atoms with van der Waals surface area (Å²) in [6.45, 7) is 4.53.